The largest absolute Gasteiger partial charge is 0.342 e. The zero-order valence-electron chi connectivity index (χ0n) is 9.58. The molecule has 0 radical (unpaired) electrons. The average Bonchev–Trinajstić information content (AvgIpc) is 2.16. The minimum absolute atomic E-state index is 0.0991. The number of amides is 1. The Kier molecular flexibility index (Phi) is 2.57. The van der Waals surface area contributed by atoms with E-state index in [0.29, 0.717) is 5.78 Å². The van der Waals surface area contributed by atoms with Crippen LogP contribution in [-0.4, -0.2) is 29.7 Å². The van der Waals surface area contributed by atoms with E-state index in [1.165, 1.54) is 0 Å². The van der Waals surface area contributed by atoms with Gasteiger partial charge >= 0.3 is 0 Å². The molecular weight excluding hydrogens is 190 g/mol. The predicted octanol–water partition coefficient (Wildman–Crippen LogP) is 1.61. The molecule has 0 aromatic carbocycles. The van der Waals surface area contributed by atoms with Crippen LogP contribution in [0.5, 0.6) is 0 Å². The molecule has 84 valence electrons. The van der Waals surface area contributed by atoms with Crippen LogP contribution in [-0.2, 0) is 9.59 Å². The lowest BCUT2D eigenvalue weighted by Crippen LogP contribution is -2.49. The van der Waals surface area contributed by atoms with E-state index in [1.807, 2.05) is 18.7 Å². The van der Waals surface area contributed by atoms with Crippen LogP contribution >= 0.6 is 0 Å². The van der Waals surface area contributed by atoms with E-state index in [9.17, 15) is 9.59 Å². The second kappa shape index (κ2) is 3.62. The number of carbonyl (C=O) groups is 2. The van der Waals surface area contributed by atoms with E-state index in [-0.39, 0.29) is 17.2 Å². The van der Waals surface area contributed by atoms with E-state index in [4.69, 9.17) is 0 Å². The first kappa shape index (κ1) is 10.7. The lowest BCUT2D eigenvalue weighted by molar-refractivity contribution is -0.142. The summed E-state index contributed by atoms with van der Waals surface area (Å²) in [5, 5.41) is 0. The number of hydrogen-bond acceptors (Lipinski definition) is 2. The van der Waals surface area contributed by atoms with Crippen molar-refractivity contribution in [2.75, 3.05) is 13.1 Å². The van der Waals surface area contributed by atoms with E-state index < -0.39 is 0 Å². The molecule has 0 atom stereocenters. The Morgan fingerprint density at radius 1 is 1.27 bits per heavy atom. The van der Waals surface area contributed by atoms with Crippen LogP contribution in [0.15, 0.2) is 0 Å². The first-order valence-electron chi connectivity index (χ1n) is 5.83. The molecule has 1 saturated heterocycles. The lowest BCUT2D eigenvalue weighted by Gasteiger charge is -2.47. The second-order valence-corrected chi connectivity index (χ2v) is 5.37. The first-order chi connectivity index (χ1) is 7.02. The highest BCUT2D eigenvalue weighted by Crippen LogP contribution is 2.46. The van der Waals surface area contributed by atoms with Crippen LogP contribution in [0.3, 0.4) is 0 Å². The minimum Gasteiger partial charge on any atom is -0.342 e. The number of hydrogen-bond donors (Lipinski definition) is 0. The van der Waals surface area contributed by atoms with Gasteiger partial charge in [-0.15, -0.1) is 0 Å². The molecule has 0 bridgehead atoms. The highest BCUT2D eigenvalue weighted by Gasteiger charge is 2.45. The molecule has 0 N–H and O–H groups in total. The van der Waals surface area contributed by atoms with Crippen molar-refractivity contribution < 1.29 is 9.59 Å². The van der Waals surface area contributed by atoms with Gasteiger partial charge in [-0.2, -0.15) is 0 Å². The summed E-state index contributed by atoms with van der Waals surface area (Å²) in [6.07, 6.45) is 3.57. The number of ketones is 1. The van der Waals surface area contributed by atoms with Gasteiger partial charge < -0.3 is 4.90 Å². The van der Waals surface area contributed by atoms with Crippen molar-refractivity contribution in [1.82, 2.24) is 4.90 Å². The SMILES string of the molecule is CC(C)C(=O)N1CCC2(CC1)CC(=O)C2. The summed E-state index contributed by atoms with van der Waals surface area (Å²) in [4.78, 5) is 24.7. The molecular formula is C12H19NO2. The molecule has 15 heavy (non-hydrogen) atoms. The van der Waals surface area contributed by atoms with E-state index >= 15 is 0 Å². The predicted molar refractivity (Wildman–Crippen MR) is 57.3 cm³/mol. The van der Waals surface area contributed by atoms with Crippen molar-refractivity contribution in [3.63, 3.8) is 0 Å². The summed E-state index contributed by atoms with van der Waals surface area (Å²) < 4.78 is 0. The van der Waals surface area contributed by atoms with Gasteiger partial charge in [-0.1, -0.05) is 13.8 Å². The third kappa shape index (κ3) is 1.92. The summed E-state index contributed by atoms with van der Waals surface area (Å²) in [6, 6.07) is 0. The number of nitrogens with zero attached hydrogens (tertiary/aromatic N) is 1. The Balaban J connectivity index is 1.87. The Morgan fingerprint density at radius 3 is 2.20 bits per heavy atom. The highest BCUT2D eigenvalue weighted by atomic mass is 16.2. The van der Waals surface area contributed by atoms with E-state index in [0.717, 1.165) is 38.8 Å². The molecule has 2 rings (SSSR count). The Hall–Kier alpha value is -0.860. The molecule has 1 saturated carbocycles. The van der Waals surface area contributed by atoms with Crippen LogP contribution < -0.4 is 0 Å². The van der Waals surface area contributed by atoms with Crippen molar-refractivity contribution in [1.29, 1.82) is 0 Å². The van der Waals surface area contributed by atoms with Gasteiger partial charge in [-0.05, 0) is 18.3 Å². The summed E-state index contributed by atoms with van der Waals surface area (Å²) >= 11 is 0. The fourth-order valence-corrected chi connectivity index (χ4v) is 2.70. The van der Waals surface area contributed by atoms with Crippen molar-refractivity contribution in [2.24, 2.45) is 11.3 Å². The zero-order chi connectivity index (χ0) is 11.1. The van der Waals surface area contributed by atoms with Crippen LogP contribution in [0.25, 0.3) is 0 Å². The Morgan fingerprint density at radius 2 is 1.80 bits per heavy atom. The normalized spacial score (nSPS) is 24.5. The third-order valence-electron chi connectivity index (χ3n) is 3.77. The molecule has 0 unspecified atom stereocenters. The monoisotopic (exact) mass is 209 g/mol. The molecule has 1 heterocycles. The van der Waals surface area contributed by atoms with Gasteiger partial charge in [-0.3, -0.25) is 9.59 Å². The van der Waals surface area contributed by atoms with Gasteiger partial charge in [0, 0.05) is 31.8 Å². The number of likely N-dealkylation sites (tertiary alicyclic amines) is 1. The fourth-order valence-electron chi connectivity index (χ4n) is 2.70. The Labute approximate surface area is 90.8 Å². The average molecular weight is 209 g/mol. The van der Waals surface area contributed by atoms with Crippen molar-refractivity contribution in [3.8, 4) is 0 Å². The van der Waals surface area contributed by atoms with Gasteiger partial charge in [0.2, 0.25) is 5.91 Å². The van der Waals surface area contributed by atoms with Crippen LogP contribution in [0.4, 0.5) is 0 Å². The van der Waals surface area contributed by atoms with Gasteiger partial charge in [-0.25, -0.2) is 0 Å². The Bertz CT molecular complexity index is 278. The van der Waals surface area contributed by atoms with Crippen molar-refractivity contribution in [2.45, 2.75) is 39.5 Å². The van der Waals surface area contributed by atoms with Crippen molar-refractivity contribution in [3.05, 3.63) is 0 Å². The minimum atomic E-state index is 0.0991. The lowest BCUT2D eigenvalue weighted by atomic mass is 9.62. The quantitative estimate of drug-likeness (QED) is 0.658. The maximum absolute atomic E-state index is 11.7. The van der Waals surface area contributed by atoms with Crippen LogP contribution in [0, 0.1) is 11.3 Å². The first-order valence-corrected chi connectivity index (χ1v) is 5.83. The maximum Gasteiger partial charge on any atom is 0.225 e. The topological polar surface area (TPSA) is 37.4 Å². The third-order valence-corrected chi connectivity index (χ3v) is 3.77. The molecule has 3 heteroatoms. The van der Waals surface area contributed by atoms with Gasteiger partial charge in [0.15, 0.2) is 0 Å². The smallest absolute Gasteiger partial charge is 0.225 e. The molecule has 1 aliphatic heterocycles. The molecule has 1 amide bonds. The van der Waals surface area contributed by atoms with Crippen LogP contribution in [0.2, 0.25) is 0 Å². The standard InChI is InChI=1S/C12H19NO2/c1-9(2)11(15)13-5-3-12(4-6-13)7-10(14)8-12/h9H,3-8H2,1-2H3. The maximum atomic E-state index is 11.7. The number of carbonyl (C=O) groups excluding carboxylic acids is 2. The van der Waals surface area contributed by atoms with Gasteiger partial charge in [0.25, 0.3) is 0 Å². The summed E-state index contributed by atoms with van der Waals surface area (Å²) in [7, 11) is 0. The molecule has 2 aliphatic rings. The molecule has 3 nitrogen and oxygen atoms in total. The molecule has 1 aliphatic carbocycles. The number of piperidine rings is 1. The molecule has 0 aromatic heterocycles. The van der Waals surface area contributed by atoms with E-state index in [1.54, 1.807) is 0 Å². The zero-order valence-corrected chi connectivity index (χ0v) is 9.58. The number of rotatable bonds is 1. The van der Waals surface area contributed by atoms with Crippen molar-refractivity contribution >= 4 is 11.7 Å². The summed E-state index contributed by atoms with van der Waals surface area (Å²) in [5.41, 5.74) is 0.283. The van der Waals surface area contributed by atoms with E-state index in [2.05, 4.69) is 0 Å². The van der Waals surface area contributed by atoms with Crippen LogP contribution in [0.1, 0.15) is 39.5 Å². The summed E-state index contributed by atoms with van der Waals surface area (Å²) in [5.74, 6) is 0.760. The number of Topliss-reactive ketones (excluding diaryl/α,β-unsaturated/α-hetero) is 1. The molecule has 1 spiro atoms. The molecule has 0 aromatic rings. The highest BCUT2D eigenvalue weighted by molar-refractivity contribution is 5.86. The second-order valence-electron chi connectivity index (χ2n) is 5.37. The molecule has 2 fully saturated rings. The summed E-state index contributed by atoms with van der Waals surface area (Å²) in [6.45, 7) is 5.59. The van der Waals surface area contributed by atoms with Gasteiger partial charge in [0.05, 0.1) is 0 Å². The van der Waals surface area contributed by atoms with Gasteiger partial charge in [0.1, 0.15) is 5.78 Å². The fraction of sp³-hybridized carbons (Fsp3) is 0.833.